The maximum absolute atomic E-state index is 12.1. The van der Waals surface area contributed by atoms with Crippen molar-refractivity contribution in [3.63, 3.8) is 0 Å². The molecule has 1 heterocycles. The summed E-state index contributed by atoms with van der Waals surface area (Å²) in [4.78, 5) is 0. The zero-order chi connectivity index (χ0) is 14.4. The van der Waals surface area contributed by atoms with Gasteiger partial charge in [-0.2, -0.15) is 0 Å². The van der Waals surface area contributed by atoms with Gasteiger partial charge in [-0.15, -0.1) is 0 Å². The Kier molecular flexibility index (Phi) is 5.49. The fourth-order valence-corrected chi connectivity index (χ4v) is 2.09. The van der Waals surface area contributed by atoms with Gasteiger partial charge in [-0.1, -0.05) is 25.1 Å². The summed E-state index contributed by atoms with van der Waals surface area (Å²) >= 11 is 0. The van der Waals surface area contributed by atoms with Crippen LogP contribution in [0.2, 0.25) is 0 Å². The average Bonchev–Trinajstić information content (AvgIpc) is 2.77. The molecule has 1 N–H and O–H groups in total. The van der Waals surface area contributed by atoms with Crippen molar-refractivity contribution in [2.24, 2.45) is 0 Å². The summed E-state index contributed by atoms with van der Waals surface area (Å²) in [5, 5.41) is 4.31. The molecule has 0 fully saturated rings. The van der Waals surface area contributed by atoms with E-state index in [4.69, 9.17) is 9.15 Å². The summed E-state index contributed by atoms with van der Waals surface area (Å²) in [5.41, 5.74) is 1.75. The number of hydrogen-bond donors (Lipinski definition) is 1. The van der Waals surface area contributed by atoms with Crippen molar-refractivity contribution in [2.45, 2.75) is 32.9 Å². The Morgan fingerprint density at radius 1 is 1.30 bits per heavy atom. The quantitative estimate of drug-likeness (QED) is 0.750. The molecule has 1 aromatic carbocycles. The van der Waals surface area contributed by atoms with Gasteiger partial charge < -0.3 is 14.5 Å². The molecule has 0 radical (unpaired) electrons. The molecule has 0 spiro atoms. The van der Waals surface area contributed by atoms with Crippen LogP contribution in [0.4, 0.5) is 8.78 Å². The third-order valence-corrected chi connectivity index (χ3v) is 2.99. The fourth-order valence-electron chi connectivity index (χ4n) is 2.09. The predicted molar refractivity (Wildman–Crippen MR) is 73.9 cm³/mol. The van der Waals surface area contributed by atoms with Crippen molar-refractivity contribution >= 4 is 11.0 Å². The van der Waals surface area contributed by atoms with Gasteiger partial charge in [-0.05, 0) is 19.0 Å². The van der Waals surface area contributed by atoms with Gasteiger partial charge in [0.25, 0.3) is 6.43 Å². The second kappa shape index (κ2) is 7.36. The van der Waals surface area contributed by atoms with E-state index >= 15 is 0 Å². The van der Waals surface area contributed by atoms with Crippen LogP contribution in [0, 0.1) is 0 Å². The smallest absolute Gasteiger partial charge is 0.261 e. The molecule has 2 aromatic rings. The number of ether oxygens (including phenoxy) is 1. The summed E-state index contributed by atoms with van der Waals surface area (Å²) in [6, 6.07) is 7.66. The summed E-state index contributed by atoms with van der Waals surface area (Å²) in [5.74, 6) is 0.621. The number of furan rings is 1. The van der Waals surface area contributed by atoms with Crippen molar-refractivity contribution < 1.29 is 17.9 Å². The summed E-state index contributed by atoms with van der Waals surface area (Å²) < 4.78 is 34.9. The third-order valence-electron chi connectivity index (χ3n) is 2.99. The van der Waals surface area contributed by atoms with Gasteiger partial charge in [0.15, 0.2) is 0 Å². The number of nitrogens with one attached hydrogen (secondary N) is 1. The third kappa shape index (κ3) is 3.77. The molecule has 0 bridgehead atoms. The SMILES string of the molecule is CCCNCc1c(COCC(F)F)oc2ccccc12. The molecule has 0 atom stereocenters. The highest BCUT2D eigenvalue weighted by molar-refractivity contribution is 5.82. The molecule has 0 amide bonds. The Bertz CT molecular complexity index is 540. The first-order valence-corrected chi connectivity index (χ1v) is 6.78. The lowest BCUT2D eigenvalue weighted by Gasteiger charge is -2.05. The van der Waals surface area contributed by atoms with Crippen LogP contribution in [0.15, 0.2) is 28.7 Å². The molecule has 20 heavy (non-hydrogen) atoms. The number of rotatable bonds is 8. The normalized spacial score (nSPS) is 11.6. The zero-order valence-corrected chi connectivity index (χ0v) is 11.5. The first-order valence-electron chi connectivity index (χ1n) is 6.78. The Morgan fingerprint density at radius 2 is 2.10 bits per heavy atom. The highest BCUT2D eigenvalue weighted by Crippen LogP contribution is 2.26. The van der Waals surface area contributed by atoms with E-state index in [2.05, 4.69) is 12.2 Å². The van der Waals surface area contributed by atoms with E-state index in [1.54, 1.807) is 0 Å². The zero-order valence-electron chi connectivity index (χ0n) is 11.5. The van der Waals surface area contributed by atoms with E-state index in [9.17, 15) is 8.78 Å². The highest BCUT2D eigenvalue weighted by atomic mass is 19.3. The van der Waals surface area contributed by atoms with Crippen molar-refractivity contribution in [2.75, 3.05) is 13.2 Å². The lowest BCUT2D eigenvalue weighted by atomic mass is 10.1. The van der Waals surface area contributed by atoms with Gasteiger partial charge in [-0.25, -0.2) is 8.78 Å². The first kappa shape index (κ1) is 14.9. The van der Waals surface area contributed by atoms with Gasteiger partial charge in [-0.3, -0.25) is 0 Å². The van der Waals surface area contributed by atoms with E-state index in [0.29, 0.717) is 12.3 Å². The molecule has 0 saturated heterocycles. The van der Waals surface area contributed by atoms with E-state index in [1.807, 2.05) is 24.3 Å². The molecule has 0 aliphatic heterocycles. The average molecular weight is 283 g/mol. The monoisotopic (exact) mass is 283 g/mol. The lowest BCUT2D eigenvalue weighted by molar-refractivity contribution is 0.00460. The molecule has 0 aliphatic rings. The Labute approximate surface area is 116 Å². The topological polar surface area (TPSA) is 34.4 Å². The molecule has 5 heteroatoms. The van der Waals surface area contributed by atoms with Crippen LogP contribution in [0.1, 0.15) is 24.7 Å². The summed E-state index contributed by atoms with van der Waals surface area (Å²) in [7, 11) is 0. The number of hydrogen-bond acceptors (Lipinski definition) is 3. The Balaban J connectivity index is 2.15. The number of alkyl halides is 2. The minimum Gasteiger partial charge on any atom is -0.458 e. The number of para-hydroxylation sites is 1. The van der Waals surface area contributed by atoms with Gasteiger partial charge in [0, 0.05) is 17.5 Å². The molecule has 0 saturated carbocycles. The minimum absolute atomic E-state index is 0.0716. The van der Waals surface area contributed by atoms with Gasteiger partial charge in [0.1, 0.15) is 24.6 Å². The van der Waals surface area contributed by atoms with Gasteiger partial charge >= 0.3 is 0 Å². The second-order valence-corrected chi connectivity index (χ2v) is 4.58. The lowest BCUT2D eigenvalue weighted by Crippen LogP contribution is -2.15. The van der Waals surface area contributed by atoms with E-state index in [-0.39, 0.29) is 6.61 Å². The van der Waals surface area contributed by atoms with Crippen LogP contribution < -0.4 is 5.32 Å². The highest BCUT2D eigenvalue weighted by Gasteiger charge is 2.14. The van der Waals surface area contributed by atoms with Crippen molar-refractivity contribution in [1.82, 2.24) is 5.32 Å². The largest absolute Gasteiger partial charge is 0.458 e. The van der Waals surface area contributed by atoms with Crippen LogP contribution in [-0.4, -0.2) is 19.6 Å². The Morgan fingerprint density at radius 3 is 2.85 bits per heavy atom. The summed E-state index contributed by atoms with van der Waals surface area (Å²) in [6.45, 7) is 3.14. The van der Waals surface area contributed by atoms with Crippen molar-refractivity contribution in [1.29, 1.82) is 0 Å². The molecule has 110 valence electrons. The van der Waals surface area contributed by atoms with E-state index in [0.717, 1.165) is 29.5 Å². The van der Waals surface area contributed by atoms with Gasteiger partial charge in [0.2, 0.25) is 0 Å². The Hall–Kier alpha value is -1.46. The van der Waals surface area contributed by atoms with Crippen LogP contribution in [0.5, 0.6) is 0 Å². The molecule has 0 aliphatic carbocycles. The molecule has 3 nitrogen and oxygen atoms in total. The predicted octanol–water partition coefficient (Wildman–Crippen LogP) is 3.71. The second-order valence-electron chi connectivity index (χ2n) is 4.58. The first-order chi connectivity index (χ1) is 9.72. The van der Waals surface area contributed by atoms with Crippen molar-refractivity contribution in [3.8, 4) is 0 Å². The van der Waals surface area contributed by atoms with Crippen LogP contribution in [0.25, 0.3) is 11.0 Å². The number of benzene rings is 1. The molecular weight excluding hydrogens is 264 g/mol. The van der Waals surface area contributed by atoms with Gasteiger partial charge in [0.05, 0.1) is 0 Å². The molecular formula is C15H19F2NO2. The maximum atomic E-state index is 12.1. The maximum Gasteiger partial charge on any atom is 0.261 e. The standard InChI is InChI=1S/C15H19F2NO2/c1-2-7-18-8-12-11-5-3-4-6-13(11)20-14(12)9-19-10-15(16)17/h3-6,15,18H,2,7-10H2,1H3. The van der Waals surface area contributed by atoms with Crippen LogP contribution in [0.3, 0.4) is 0 Å². The summed E-state index contributed by atoms with van der Waals surface area (Å²) in [6.07, 6.45) is -1.42. The number of fused-ring (bicyclic) bond motifs is 1. The van der Waals surface area contributed by atoms with E-state index < -0.39 is 13.0 Å². The van der Waals surface area contributed by atoms with Crippen molar-refractivity contribution in [3.05, 3.63) is 35.6 Å². The minimum atomic E-state index is -2.46. The fraction of sp³-hybridized carbons (Fsp3) is 0.467. The molecule has 1 aromatic heterocycles. The van der Waals surface area contributed by atoms with Crippen LogP contribution in [-0.2, 0) is 17.9 Å². The molecule has 0 unspecified atom stereocenters. The molecule has 2 rings (SSSR count). The van der Waals surface area contributed by atoms with E-state index in [1.165, 1.54) is 0 Å². The van der Waals surface area contributed by atoms with Crippen LogP contribution >= 0.6 is 0 Å². The number of halogens is 2.